The van der Waals surface area contributed by atoms with Crippen LogP contribution in [0.5, 0.6) is 0 Å². The molecule has 1 aromatic rings. The van der Waals surface area contributed by atoms with Gasteiger partial charge in [-0.1, -0.05) is 37.3 Å². The number of carbonyl (C=O) groups excluding carboxylic acids is 1. The van der Waals surface area contributed by atoms with E-state index in [9.17, 15) is 9.90 Å². The molecule has 0 fully saturated rings. The highest BCUT2D eigenvalue weighted by molar-refractivity contribution is 5.78. The molecule has 0 saturated heterocycles. The highest BCUT2D eigenvalue weighted by atomic mass is 16.3. The first-order chi connectivity index (χ1) is 6.24. The van der Waals surface area contributed by atoms with Crippen LogP contribution in [0, 0.1) is 0 Å². The molecular weight excluding hydrogens is 164 g/mol. The Morgan fingerprint density at radius 3 is 2.54 bits per heavy atom. The fourth-order valence-corrected chi connectivity index (χ4v) is 1.15. The third-order valence-corrected chi connectivity index (χ3v) is 2.00. The van der Waals surface area contributed by atoms with Crippen LogP contribution in [-0.4, -0.2) is 10.9 Å². The van der Waals surface area contributed by atoms with Crippen LogP contribution in [0.2, 0.25) is 0 Å². The molecule has 0 aliphatic rings. The molecule has 0 aromatic heterocycles. The van der Waals surface area contributed by atoms with E-state index in [1.807, 2.05) is 30.3 Å². The second-order valence-electron chi connectivity index (χ2n) is 3.02. The van der Waals surface area contributed by atoms with Crippen LogP contribution in [-0.2, 0) is 4.79 Å². The van der Waals surface area contributed by atoms with Gasteiger partial charge in [-0.15, -0.1) is 0 Å². The van der Waals surface area contributed by atoms with Crippen LogP contribution >= 0.6 is 0 Å². The smallest absolute Gasteiger partial charge is 0.135 e. The van der Waals surface area contributed by atoms with Crippen molar-refractivity contribution in [1.29, 1.82) is 0 Å². The maximum absolute atomic E-state index is 11.0. The zero-order valence-corrected chi connectivity index (χ0v) is 7.73. The monoisotopic (exact) mass is 178 g/mol. The van der Waals surface area contributed by atoms with Gasteiger partial charge in [0.2, 0.25) is 0 Å². The molecule has 70 valence electrons. The maximum Gasteiger partial charge on any atom is 0.135 e. The molecule has 13 heavy (non-hydrogen) atoms. The van der Waals surface area contributed by atoms with Gasteiger partial charge in [0, 0.05) is 12.8 Å². The topological polar surface area (TPSA) is 37.3 Å². The number of carbonyl (C=O) groups is 1. The number of ketones is 1. The molecule has 0 saturated carbocycles. The Balaban J connectivity index is 2.59. The first-order valence-electron chi connectivity index (χ1n) is 4.48. The number of rotatable bonds is 4. The lowest BCUT2D eigenvalue weighted by Gasteiger charge is -2.08. The zero-order chi connectivity index (χ0) is 9.68. The van der Waals surface area contributed by atoms with E-state index in [-0.39, 0.29) is 12.2 Å². The highest BCUT2D eigenvalue weighted by Gasteiger charge is 2.10. The molecule has 0 aliphatic carbocycles. The van der Waals surface area contributed by atoms with Crippen LogP contribution in [0.1, 0.15) is 31.4 Å². The van der Waals surface area contributed by atoms with E-state index in [1.54, 1.807) is 6.92 Å². The van der Waals surface area contributed by atoms with E-state index < -0.39 is 6.10 Å². The number of hydrogen-bond acceptors (Lipinski definition) is 2. The van der Waals surface area contributed by atoms with Crippen molar-refractivity contribution in [2.45, 2.75) is 25.9 Å². The Hall–Kier alpha value is -1.15. The fraction of sp³-hybridized carbons (Fsp3) is 0.364. The predicted octanol–water partition coefficient (Wildman–Crippen LogP) is 2.09. The third kappa shape index (κ3) is 2.99. The molecule has 0 heterocycles. The molecule has 1 N–H and O–H groups in total. The Bertz CT molecular complexity index is 267. The summed E-state index contributed by atoms with van der Waals surface area (Å²) < 4.78 is 0. The fourth-order valence-electron chi connectivity index (χ4n) is 1.15. The molecule has 0 unspecified atom stereocenters. The van der Waals surface area contributed by atoms with Crippen molar-refractivity contribution < 1.29 is 9.90 Å². The minimum atomic E-state index is -0.645. The third-order valence-electron chi connectivity index (χ3n) is 2.00. The highest BCUT2D eigenvalue weighted by Crippen LogP contribution is 2.16. The summed E-state index contributed by atoms with van der Waals surface area (Å²) >= 11 is 0. The van der Waals surface area contributed by atoms with E-state index in [0.717, 1.165) is 5.56 Å². The summed E-state index contributed by atoms with van der Waals surface area (Å²) in [5, 5.41) is 9.60. The van der Waals surface area contributed by atoms with Gasteiger partial charge in [0.25, 0.3) is 0 Å². The standard InChI is InChI=1S/C11H14O2/c1-2-10(12)8-11(13)9-6-4-3-5-7-9/h3-7,11,13H,2,8H2,1H3/t11-/m1/s1. The van der Waals surface area contributed by atoms with Crippen LogP contribution in [0.15, 0.2) is 30.3 Å². The first kappa shape index (κ1) is 9.93. The molecular formula is C11H14O2. The average Bonchev–Trinajstić information content (AvgIpc) is 2.19. The van der Waals surface area contributed by atoms with E-state index in [4.69, 9.17) is 0 Å². The lowest BCUT2D eigenvalue weighted by Crippen LogP contribution is -2.04. The van der Waals surface area contributed by atoms with Gasteiger partial charge in [0.05, 0.1) is 6.10 Å². The minimum Gasteiger partial charge on any atom is -0.388 e. The molecule has 1 atom stereocenters. The van der Waals surface area contributed by atoms with Crippen LogP contribution in [0.4, 0.5) is 0 Å². The van der Waals surface area contributed by atoms with Crippen LogP contribution in [0.3, 0.4) is 0 Å². The van der Waals surface area contributed by atoms with Crippen molar-refractivity contribution in [3.63, 3.8) is 0 Å². The summed E-state index contributed by atoms with van der Waals surface area (Å²) in [6, 6.07) is 9.25. The molecule has 0 spiro atoms. The van der Waals surface area contributed by atoms with Gasteiger partial charge in [-0.25, -0.2) is 0 Å². The Kier molecular flexibility index (Phi) is 3.65. The van der Waals surface area contributed by atoms with Crippen molar-refractivity contribution in [3.05, 3.63) is 35.9 Å². The second-order valence-corrected chi connectivity index (χ2v) is 3.02. The van der Waals surface area contributed by atoms with Crippen molar-refractivity contribution >= 4 is 5.78 Å². The molecule has 1 aromatic carbocycles. The zero-order valence-electron chi connectivity index (χ0n) is 7.73. The summed E-state index contributed by atoms with van der Waals surface area (Å²) in [5.74, 6) is 0.0938. The molecule has 0 aliphatic heterocycles. The van der Waals surface area contributed by atoms with Gasteiger partial charge < -0.3 is 5.11 Å². The normalized spacial score (nSPS) is 12.5. The Labute approximate surface area is 78.2 Å². The van der Waals surface area contributed by atoms with Crippen molar-refractivity contribution in [2.24, 2.45) is 0 Å². The molecule has 0 radical (unpaired) electrons. The number of benzene rings is 1. The number of Topliss-reactive ketones (excluding diaryl/α,β-unsaturated/α-hetero) is 1. The summed E-state index contributed by atoms with van der Waals surface area (Å²) in [5.41, 5.74) is 0.810. The van der Waals surface area contributed by atoms with Gasteiger partial charge in [0.1, 0.15) is 5.78 Å². The van der Waals surface area contributed by atoms with Crippen molar-refractivity contribution in [3.8, 4) is 0 Å². The lowest BCUT2D eigenvalue weighted by atomic mass is 10.0. The van der Waals surface area contributed by atoms with E-state index in [1.165, 1.54) is 0 Å². The number of aliphatic hydroxyl groups is 1. The summed E-state index contributed by atoms with van der Waals surface area (Å²) in [6.45, 7) is 1.81. The maximum atomic E-state index is 11.0. The van der Waals surface area contributed by atoms with Crippen molar-refractivity contribution in [1.82, 2.24) is 0 Å². The molecule has 0 amide bonds. The van der Waals surface area contributed by atoms with Gasteiger partial charge in [-0.05, 0) is 5.56 Å². The van der Waals surface area contributed by atoms with Crippen LogP contribution in [0.25, 0.3) is 0 Å². The summed E-state index contributed by atoms with van der Waals surface area (Å²) in [6.07, 6.45) is 0.0679. The average molecular weight is 178 g/mol. The minimum absolute atomic E-state index is 0.0938. The quantitative estimate of drug-likeness (QED) is 0.766. The predicted molar refractivity (Wildman–Crippen MR) is 51.3 cm³/mol. The largest absolute Gasteiger partial charge is 0.388 e. The lowest BCUT2D eigenvalue weighted by molar-refractivity contribution is -0.120. The number of hydrogen-bond donors (Lipinski definition) is 1. The van der Waals surface area contributed by atoms with Crippen molar-refractivity contribution in [2.75, 3.05) is 0 Å². The molecule has 0 bridgehead atoms. The molecule has 1 rings (SSSR count). The van der Waals surface area contributed by atoms with Gasteiger partial charge in [-0.2, -0.15) is 0 Å². The summed E-state index contributed by atoms with van der Waals surface area (Å²) in [4.78, 5) is 11.0. The van der Waals surface area contributed by atoms with E-state index >= 15 is 0 Å². The number of aliphatic hydroxyl groups excluding tert-OH is 1. The van der Waals surface area contributed by atoms with Gasteiger partial charge in [-0.3, -0.25) is 4.79 Å². The Morgan fingerprint density at radius 1 is 1.38 bits per heavy atom. The Morgan fingerprint density at radius 2 is 2.00 bits per heavy atom. The molecule has 2 nitrogen and oxygen atoms in total. The summed E-state index contributed by atoms with van der Waals surface area (Å²) in [7, 11) is 0. The van der Waals surface area contributed by atoms with Gasteiger partial charge >= 0.3 is 0 Å². The van der Waals surface area contributed by atoms with E-state index in [2.05, 4.69) is 0 Å². The SMILES string of the molecule is CCC(=O)C[C@@H](O)c1ccccc1. The second kappa shape index (κ2) is 4.77. The first-order valence-corrected chi connectivity index (χ1v) is 4.48. The van der Waals surface area contributed by atoms with Gasteiger partial charge in [0.15, 0.2) is 0 Å². The molecule has 2 heteroatoms. The van der Waals surface area contributed by atoms with E-state index in [0.29, 0.717) is 6.42 Å². The van der Waals surface area contributed by atoms with Crippen LogP contribution < -0.4 is 0 Å².